The van der Waals surface area contributed by atoms with Crippen LogP contribution in [0.25, 0.3) is 0 Å². The van der Waals surface area contributed by atoms with E-state index in [0.717, 1.165) is 0 Å². The number of ether oxygens (including phenoxy) is 7. The summed E-state index contributed by atoms with van der Waals surface area (Å²) in [7, 11) is 2.84. The molecule has 0 aromatic carbocycles. The molecule has 3 heterocycles. The molecule has 3 aliphatic rings. The lowest BCUT2D eigenvalue weighted by Gasteiger charge is -2.44. The first-order valence-corrected chi connectivity index (χ1v) is 14.1. The molecule has 16 nitrogen and oxygen atoms in total. The third kappa shape index (κ3) is 8.33. The molecule has 9 N–H and O–H groups in total. The lowest BCUT2D eigenvalue weighted by Crippen LogP contribution is -2.59. The van der Waals surface area contributed by atoms with E-state index in [9.17, 15) is 46.0 Å². The normalized spacial score (nSPS) is 44.8. The Bertz CT molecular complexity index is 760. The molecule has 0 bridgehead atoms. The van der Waals surface area contributed by atoms with E-state index in [1.54, 1.807) is 0 Å². The molecule has 6 unspecified atom stereocenters. The second-order valence-electron chi connectivity index (χ2n) is 11.1. The summed E-state index contributed by atoms with van der Waals surface area (Å²) in [5, 5.41) is 92.8. The summed E-state index contributed by atoms with van der Waals surface area (Å²) >= 11 is 0. The lowest BCUT2D eigenvalue weighted by atomic mass is 9.86. The van der Waals surface area contributed by atoms with Gasteiger partial charge in [-0.15, -0.1) is 0 Å². The Kier molecular flexibility index (Phi) is 14.6. The summed E-state index contributed by atoms with van der Waals surface area (Å²) in [6.45, 7) is -2.21. The van der Waals surface area contributed by atoms with Crippen LogP contribution in [0, 0.1) is 17.8 Å². The molecule has 0 aromatic heterocycles. The van der Waals surface area contributed by atoms with Gasteiger partial charge in [0.15, 0.2) is 0 Å². The van der Waals surface area contributed by atoms with Gasteiger partial charge in [0.1, 0.15) is 36.6 Å². The van der Waals surface area contributed by atoms with Crippen molar-refractivity contribution in [3.05, 3.63) is 0 Å². The van der Waals surface area contributed by atoms with Crippen LogP contribution in [-0.4, -0.2) is 193 Å². The van der Waals surface area contributed by atoms with Gasteiger partial charge >= 0.3 is 0 Å². The highest BCUT2D eigenvalue weighted by Gasteiger charge is 2.48. The van der Waals surface area contributed by atoms with Gasteiger partial charge in [0, 0.05) is 32.0 Å². The quantitative estimate of drug-likeness (QED) is 0.0833. The molecule has 0 aromatic rings. The molecule has 248 valence electrons. The minimum absolute atomic E-state index is 0.0154. The first-order valence-electron chi connectivity index (χ1n) is 14.1. The molecule has 3 fully saturated rings. The van der Waals surface area contributed by atoms with Crippen LogP contribution in [0.3, 0.4) is 0 Å². The number of hydrogen-bond donors (Lipinski definition) is 9. The van der Waals surface area contributed by atoms with Gasteiger partial charge < -0.3 is 79.1 Å². The van der Waals surface area contributed by atoms with E-state index in [1.807, 2.05) is 0 Å². The van der Waals surface area contributed by atoms with Crippen molar-refractivity contribution in [3.63, 3.8) is 0 Å². The molecule has 42 heavy (non-hydrogen) atoms. The molecule has 0 radical (unpaired) electrons. The van der Waals surface area contributed by atoms with E-state index in [2.05, 4.69) is 0 Å². The Morgan fingerprint density at radius 3 is 1.26 bits per heavy atom. The Hall–Kier alpha value is -0.640. The number of aliphatic hydroxyl groups is 9. The third-order valence-corrected chi connectivity index (χ3v) is 8.40. The zero-order chi connectivity index (χ0) is 31.0. The van der Waals surface area contributed by atoms with Crippen LogP contribution in [0.4, 0.5) is 0 Å². The first-order chi connectivity index (χ1) is 20.1. The average molecular weight is 617 g/mol. The molecular formula is C26H48O16. The molecular weight excluding hydrogens is 568 g/mol. The number of rotatable bonds is 15. The van der Waals surface area contributed by atoms with Crippen molar-refractivity contribution in [3.8, 4) is 0 Å². The molecule has 15 atom stereocenters. The van der Waals surface area contributed by atoms with Crippen molar-refractivity contribution in [2.24, 2.45) is 17.8 Å². The molecule has 16 heteroatoms. The van der Waals surface area contributed by atoms with E-state index in [1.165, 1.54) is 14.2 Å². The smallest absolute Gasteiger partial charge is 0.110 e. The van der Waals surface area contributed by atoms with E-state index in [4.69, 9.17) is 33.2 Å². The molecule has 3 saturated heterocycles. The summed E-state index contributed by atoms with van der Waals surface area (Å²) < 4.78 is 38.4. The van der Waals surface area contributed by atoms with Crippen LogP contribution in [0.5, 0.6) is 0 Å². The Labute approximate surface area is 244 Å². The lowest BCUT2D eigenvalue weighted by molar-refractivity contribution is -0.248. The van der Waals surface area contributed by atoms with Gasteiger partial charge in [-0.3, -0.25) is 0 Å². The largest absolute Gasteiger partial charge is 0.394 e. The minimum atomic E-state index is -1.34. The first kappa shape index (κ1) is 35.8. The zero-order valence-electron chi connectivity index (χ0n) is 23.9. The maximum atomic E-state index is 11.0. The zero-order valence-corrected chi connectivity index (χ0v) is 23.9. The Balaban J connectivity index is 1.55. The number of hydrogen-bond acceptors (Lipinski definition) is 16. The monoisotopic (exact) mass is 616 g/mol. The van der Waals surface area contributed by atoms with Crippen LogP contribution in [0.15, 0.2) is 0 Å². The second-order valence-corrected chi connectivity index (χ2v) is 11.1. The Morgan fingerprint density at radius 2 is 0.786 bits per heavy atom. The van der Waals surface area contributed by atoms with Gasteiger partial charge in [-0.05, 0) is 0 Å². The highest BCUT2D eigenvalue weighted by Crippen LogP contribution is 2.31. The minimum Gasteiger partial charge on any atom is -0.394 e. The fourth-order valence-electron chi connectivity index (χ4n) is 5.86. The average Bonchev–Trinajstić information content (AvgIpc) is 2.98. The summed E-state index contributed by atoms with van der Waals surface area (Å²) in [5.41, 5.74) is 0. The highest BCUT2D eigenvalue weighted by atomic mass is 16.6. The maximum absolute atomic E-state index is 11.0. The molecule has 3 rings (SSSR count). The van der Waals surface area contributed by atoms with Gasteiger partial charge in [-0.2, -0.15) is 0 Å². The van der Waals surface area contributed by atoms with Crippen molar-refractivity contribution < 1.29 is 79.1 Å². The summed E-state index contributed by atoms with van der Waals surface area (Å²) in [6, 6.07) is 0. The van der Waals surface area contributed by atoms with Crippen molar-refractivity contribution in [2.75, 3.05) is 73.7 Å². The third-order valence-electron chi connectivity index (χ3n) is 8.40. The summed E-state index contributed by atoms with van der Waals surface area (Å²) in [4.78, 5) is 0. The molecule has 0 amide bonds. The maximum Gasteiger partial charge on any atom is 0.110 e. The topological polar surface area (TPSA) is 247 Å². The van der Waals surface area contributed by atoms with Crippen LogP contribution in [-0.2, 0) is 33.2 Å². The van der Waals surface area contributed by atoms with Gasteiger partial charge in [0.05, 0.1) is 96.1 Å². The SMILES string of the molecule is COC[C@@H]1OC(CO)[C@@H](COC[C@@H]2OC(CO)[C@@H](O)[C@@H](COC[C@@H]3OC(CO)[C@@H](COC)[C@@H](O)C3O)C2O)[C@@H](O)C1O. The van der Waals surface area contributed by atoms with E-state index < -0.39 is 111 Å². The fourth-order valence-corrected chi connectivity index (χ4v) is 5.86. The predicted octanol–water partition coefficient (Wildman–Crippen LogP) is -5.39. The fraction of sp³-hybridized carbons (Fsp3) is 1.00. The molecule has 3 aliphatic heterocycles. The standard InChI is InChI=1S/C26H48O16/c1-36-6-12-15(3-27)41-20(26(35)23(12)32)11-39-8-14-21(30)17(5-29)42-19(22(14)31)10-38-7-13-16(4-28)40-18(9-37-2)25(34)24(13)33/h12-35H,3-11H2,1-2H3/t12-,13-,14-,15?,16?,17?,18+,19+,20+,21+,22?,23-,24-,25?,26?/m1/s1. The van der Waals surface area contributed by atoms with E-state index in [0.29, 0.717) is 0 Å². The van der Waals surface area contributed by atoms with Crippen LogP contribution in [0.2, 0.25) is 0 Å². The van der Waals surface area contributed by atoms with E-state index in [-0.39, 0.29) is 39.6 Å². The number of methoxy groups -OCH3 is 2. The van der Waals surface area contributed by atoms with Crippen molar-refractivity contribution in [1.82, 2.24) is 0 Å². The molecule has 0 spiro atoms. The summed E-state index contributed by atoms with van der Waals surface area (Å²) in [6.07, 6.45) is -13.4. The predicted molar refractivity (Wildman–Crippen MR) is 139 cm³/mol. The second kappa shape index (κ2) is 17.2. The Morgan fingerprint density at radius 1 is 0.405 bits per heavy atom. The van der Waals surface area contributed by atoms with Crippen molar-refractivity contribution in [2.45, 2.75) is 73.2 Å². The molecule has 0 aliphatic carbocycles. The van der Waals surface area contributed by atoms with Gasteiger partial charge in [-0.1, -0.05) is 0 Å². The van der Waals surface area contributed by atoms with Gasteiger partial charge in [0.25, 0.3) is 0 Å². The summed E-state index contributed by atoms with van der Waals surface area (Å²) in [5.74, 6) is -2.41. The van der Waals surface area contributed by atoms with Crippen LogP contribution >= 0.6 is 0 Å². The van der Waals surface area contributed by atoms with Gasteiger partial charge in [0.2, 0.25) is 0 Å². The van der Waals surface area contributed by atoms with Crippen LogP contribution < -0.4 is 0 Å². The molecule has 0 saturated carbocycles. The van der Waals surface area contributed by atoms with Crippen LogP contribution in [0.1, 0.15) is 0 Å². The van der Waals surface area contributed by atoms with Crippen molar-refractivity contribution >= 4 is 0 Å². The van der Waals surface area contributed by atoms with Crippen molar-refractivity contribution in [1.29, 1.82) is 0 Å². The van der Waals surface area contributed by atoms with Gasteiger partial charge in [-0.25, -0.2) is 0 Å². The highest BCUT2D eigenvalue weighted by molar-refractivity contribution is 4.95. The number of aliphatic hydroxyl groups excluding tert-OH is 9. The van der Waals surface area contributed by atoms with E-state index >= 15 is 0 Å².